The smallest absolute Gasteiger partial charge is 0.243 e. The second-order valence-electron chi connectivity index (χ2n) is 12.2. The summed E-state index contributed by atoms with van der Waals surface area (Å²) in [7, 11) is -3.83. The van der Waals surface area contributed by atoms with Gasteiger partial charge in [-0.25, -0.2) is 8.42 Å². The third-order valence-corrected chi connectivity index (χ3v) is 11.4. The largest absolute Gasteiger partial charge is 0.394 e. The van der Waals surface area contributed by atoms with Gasteiger partial charge in [0.2, 0.25) is 15.9 Å². The quantitative estimate of drug-likeness (QED) is 0.513. The average Bonchev–Trinajstić information content (AvgIpc) is 3.79. The molecular weight excluding hydrogens is 514 g/mol. The molecule has 206 valence electrons. The van der Waals surface area contributed by atoms with Gasteiger partial charge >= 0.3 is 0 Å². The fraction of sp³-hybridized carbons (Fsp3) is 0.741. The van der Waals surface area contributed by atoms with Crippen LogP contribution in [-0.4, -0.2) is 95.2 Å². The first-order valence-corrected chi connectivity index (χ1v) is 15.4. The van der Waals surface area contributed by atoms with Crippen molar-refractivity contribution in [2.24, 2.45) is 11.3 Å². The molecule has 0 spiro atoms. The maximum Gasteiger partial charge on any atom is 0.243 e. The number of hydrogen-bond acceptors (Lipinski definition) is 6. The van der Waals surface area contributed by atoms with Crippen LogP contribution in [0.2, 0.25) is 5.02 Å². The SMILES string of the molecule is CC(C)(CO)N1CCN(C(=O)CC2([C@H]3C[C@@H](O)C[C@@H](C4CC4)N3S(=O)(=O)c3ccc(Cl)cc3)CC2)CC1. The van der Waals surface area contributed by atoms with Crippen LogP contribution in [0.4, 0.5) is 0 Å². The molecule has 1 amide bonds. The topological polar surface area (TPSA) is 101 Å². The highest BCUT2D eigenvalue weighted by Gasteiger charge is 2.60. The van der Waals surface area contributed by atoms with Gasteiger partial charge in [-0.2, -0.15) is 4.31 Å². The van der Waals surface area contributed by atoms with Gasteiger partial charge in [0.25, 0.3) is 0 Å². The van der Waals surface area contributed by atoms with E-state index >= 15 is 0 Å². The van der Waals surface area contributed by atoms with Crippen molar-refractivity contribution in [3.8, 4) is 0 Å². The minimum absolute atomic E-state index is 0.0610. The summed E-state index contributed by atoms with van der Waals surface area (Å²) in [5, 5.41) is 21.0. The predicted octanol–water partition coefficient (Wildman–Crippen LogP) is 2.72. The second-order valence-corrected chi connectivity index (χ2v) is 14.5. The molecule has 2 heterocycles. The number of nitrogens with zero attached hydrogens (tertiary/aromatic N) is 3. The Bertz CT molecular complexity index is 1100. The number of piperazine rings is 1. The molecule has 1 aromatic rings. The lowest BCUT2D eigenvalue weighted by molar-refractivity contribution is -0.136. The summed E-state index contributed by atoms with van der Waals surface area (Å²) in [4.78, 5) is 17.8. The van der Waals surface area contributed by atoms with Crippen molar-refractivity contribution in [3.63, 3.8) is 0 Å². The Hall–Kier alpha value is -1.23. The number of hydrogen-bond donors (Lipinski definition) is 2. The van der Waals surface area contributed by atoms with Crippen molar-refractivity contribution in [2.45, 2.75) is 87.4 Å². The maximum atomic E-state index is 14.1. The van der Waals surface area contributed by atoms with Crippen LogP contribution in [-0.2, 0) is 14.8 Å². The van der Waals surface area contributed by atoms with E-state index < -0.39 is 27.6 Å². The molecule has 8 nitrogen and oxygen atoms in total. The number of halogens is 1. The summed E-state index contributed by atoms with van der Waals surface area (Å²) in [6.07, 6.45) is 4.06. The molecule has 2 saturated heterocycles. The average molecular weight is 554 g/mol. The van der Waals surface area contributed by atoms with E-state index in [0.29, 0.717) is 50.5 Å². The van der Waals surface area contributed by atoms with E-state index in [9.17, 15) is 23.4 Å². The Kier molecular flexibility index (Phi) is 7.44. The standard InChI is InChI=1S/C27H40ClN3O5S/c1-26(2,18-32)30-13-11-29(12-14-30)25(34)17-27(9-10-27)24-16-21(33)15-23(19-3-4-19)31(24)37(35,36)22-7-5-20(28)6-8-22/h5-8,19,21,23-24,32-33H,3-4,9-18H2,1-2H3/t21-,23-,24+/m0/s1. The number of aliphatic hydroxyl groups is 2. The van der Waals surface area contributed by atoms with Crippen LogP contribution in [0.3, 0.4) is 0 Å². The van der Waals surface area contributed by atoms with Gasteiger partial charge in [-0.15, -0.1) is 0 Å². The van der Waals surface area contributed by atoms with Crippen molar-refractivity contribution < 1.29 is 23.4 Å². The zero-order valence-electron chi connectivity index (χ0n) is 21.9. The van der Waals surface area contributed by atoms with Gasteiger partial charge in [0.15, 0.2) is 0 Å². The molecular formula is C27H40ClN3O5S. The van der Waals surface area contributed by atoms with Gasteiger partial charge in [-0.05, 0) is 88.0 Å². The molecule has 1 aromatic carbocycles. The van der Waals surface area contributed by atoms with Crippen molar-refractivity contribution in [2.75, 3.05) is 32.8 Å². The molecule has 2 N–H and O–H groups in total. The first-order valence-electron chi connectivity index (χ1n) is 13.6. The van der Waals surface area contributed by atoms with Gasteiger partial charge in [-0.3, -0.25) is 9.69 Å². The van der Waals surface area contributed by atoms with Gasteiger partial charge in [0.1, 0.15) is 0 Å². The van der Waals surface area contributed by atoms with Crippen LogP contribution in [0.25, 0.3) is 0 Å². The maximum absolute atomic E-state index is 14.1. The number of carbonyl (C=O) groups is 1. The van der Waals surface area contributed by atoms with E-state index in [1.807, 2.05) is 18.7 Å². The van der Waals surface area contributed by atoms with Crippen molar-refractivity contribution in [3.05, 3.63) is 29.3 Å². The zero-order valence-corrected chi connectivity index (χ0v) is 23.4. The van der Waals surface area contributed by atoms with Crippen LogP contribution in [0.1, 0.15) is 58.8 Å². The summed E-state index contributed by atoms with van der Waals surface area (Å²) >= 11 is 6.04. The number of sulfonamides is 1. The first kappa shape index (κ1) is 27.3. The summed E-state index contributed by atoms with van der Waals surface area (Å²) in [6.45, 7) is 6.68. The summed E-state index contributed by atoms with van der Waals surface area (Å²) in [6, 6.07) is 5.67. The van der Waals surface area contributed by atoms with E-state index in [1.54, 1.807) is 28.6 Å². The molecule has 5 rings (SSSR count). The number of rotatable bonds is 8. The molecule has 2 saturated carbocycles. The lowest BCUT2D eigenvalue weighted by Crippen LogP contribution is -2.59. The Labute approximate surface area is 225 Å². The highest BCUT2D eigenvalue weighted by atomic mass is 35.5. The Morgan fingerprint density at radius 3 is 2.24 bits per heavy atom. The van der Waals surface area contributed by atoms with Gasteiger partial charge < -0.3 is 15.1 Å². The van der Waals surface area contributed by atoms with Gasteiger partial charge in [0, 0.05) is 55.2 Å². The fourth-order valence-corrected chi connectivity index (χ4v) is 8.52. The van der Waals surface area contributed by atoms with Crippen molar-refractivity contribution >= 4 is 27.5 Å². The van der Waals surface area contributed by atoms with E-state index in [-0.39, 0.29) is 34.9 Å². The molecule has 37 heavy (non-hydrogen) atoms. The Morgan fingerprint density at radius 2 is 1.70 bits per heavy atom. The van der Waals surface area contributed by atoms with Gasteiger partial charge in [0.05, 0.1) is 17.6 Å². The minimum atomic E-state index is -3.83. The highest BCUT2D eigenvalue weighted by molar-refractivity contribution is 7.89. The van der Waals surface area contributed by atoms with Crippen LogP contribution < -0.4 is 0 Å². The number of piperidine rings is 1. The lowest BCUT2D eigenvalue weighted by atomic mass is 9.82. The molecule has 2 aliphatic heterocycles. The molecule has 0 radical (unpaired) electrons. The van der Waals surface area contributed by atoms with Gasteiger partial charge in [-0.1, -0.05) is 11.6 Å². The van der Waals surface area contributed by atoms with Crippen LogP contribution in [0, 0.1) is 11.3 Å². The zero-order chi connectivity index (χ0) is 26.6. The Balaban J connectivity index is 1.37. The predicted molar refractivity (Wildman–Crippen MR) is 142 cm³/mol. The van der Waals surface area contributed by atoms with Crippen LogP contribution in [0.15, 0.2) is 29.2 Å². The second kappa shape index (κ2) is 10.1. The van der Waals surface area contributed by atoms with E-state index in [2.05, 4.69) is 4.90 Å². The molecule has 10 heteroatoms. The van der Waals surface area contributed by atoms with E-state index in [1.165, 1.54) is 0 Å². The number of amides is 1. The van der Waals surface area contributed by atoms with Crippen LogP contribution >= 0.6 is 11.6 Å². The molecule has 0 unspecified atom stereocenters. The highest BCUT2D eigenvalue weighted by Crippen LogP contribution is 2.58. The normalized spacial score (nSPS) is 29.3. The lowest BCUT2D eigenvalue weighted by Gasteiger charge is -2.47. The van der Waals surface area contributed by atoms with Crippen LogP contribution in [0.5, 0.6) is 0 Å². The summed E-state index contributed by atoms with van der Waals surface area (Å²) < 4.78 is 29.8. The number of aliphatic hydroxyl groups excluding tert-OH is 2. The minimum Gasteiger partial charge on any atom is -0.394 e. The first-order chi connectivity index (χ1) is 17.5. The third-order valence-electron chi connectivity index (χ3n) is 9.18. The fourth-order valence-electron chi connectivity index (χ4n) is 6.41. The van der Waals surface area contributed by atoms with E-state index in [4.69, 9.17) is 11.6 Å². The molecule has 3 atom stereocenters. The van der Waals surface area contributed by atoms with Crippen molar-refractivity contribution in [1.82, 2.24) is 14.1 Å². The van der Waals surface area contributed by atoms with Crippen molar-refractivity contribution in [1.29, 1.82) is 0 Å². The molecule has 4 aliphatic rings. The molecule has 0 aromatic heterocycles. The number of benzene rings is 1. The molecule has 4 fully saturated rings. The molecule has 2 aliphatic carbocycles. The summed E-state index contributed by atoms with van der Waals surface area (Å²) in [5.74, 6) is 0.319. The van der Waals surface area contributed by atoms with E-state index in [0.717, 1.165) is 25.7 Å². The number of carbonyl (C=O) groups excluding carboxylic acids is 1. The summed E-state index contributed by atoms with van der Waals surface area (Å²) in [5.41, 5.74) is -0.758. The monoisotopic (exact) mass is 553 g/mol. The third kappa shape index (κ3) is 5.45. The molecule has 0 bridgehead atoms. The Morgan fingerprint density at radius 1 is 1.08 bits per heavy atom.